The second kappa shape index (κ2) is 11.4. The van der Waals surface area contributed by atoms with E-state index < -0.39 is 10.0 Å². The quantitative estimate of drug-likeness (QED) is 0.431. The number of rotatable bonds is 10. The zero-order chi connectivity index (χ0) is 20.4. The van der Waals surface area contributed by atoms with Gasteiger partial charge in [0.05, 0.1) is 5.69 Å². The highest BCUT2D eigenvalue weighted by Gasteiger charge is 2.29. The summed E-state index contributed by atoms with van der Waals surface area (Å²) in [5.74, 6) is 1.04. The van der Waals surface area contributed by atoms with E-state index in [0.717, 1.165) is 31.8 Å². The maximum Gasteiger partial charge on any atom is 0.220 e. The molecule has 1 aromatic rings. The monoisotopic (exact) mass is 415 g/mol. The Morgan fingerprint density at radius 3 is 2.64 bits per heavy atom. The van der Waals surface area contributed by atoms with Gasteiger partial charge in [0.25, 0.3) is 0 Å². The lowest BCUT2D eigenvalue weighted by Crippen LogP contribution is -2.54. The number of guanidine groups is 1. The number of aromatic nitrogens is 1. The van der Waals surface area contributed by atoms with E-state index in [4.69, 9.17) is 9.52 Å². The fourth-order valence-electron chi connectivity index (χ4n) is 3.33. The number of hydrogen-bond acceptors (Lipinski definition) is 6. The molecule has 1 unspecified atom stereocenters. The first-order chi connectivity index (χ1) is 13.5. The van der Waals surface area contributed by atoms with E-state index in [1.807, 2.05) is 6.92 Å². The van der Waals surface area contributed by atoms with Crippen LogP contribution in [0, 0.1) is 5.92 Å². The lowest BCUT2D eigenvalue weighted by atomic mass is 10.0. The van der Waals surface area contributed by atoms with E-state index in [1.165, 1.54) is 10.6 Å². The van der Waals surface area contributed by atoms with Crippen LogP contribution in [-0.4, -0.2) is 79.7 Å². The van der Waals surface area contributed by atoms with Gasteiger partial charge in [0.2, 0.25) is 10.0 Å². The SMILES string of the molecule is CCCC(CCO)CN=C(NCC)N1CCN(S(=O)(=O)Cc2ccon2)CC1. The van der Waals surface area contributed by atoms with Crippen LogP contribution in [0.5, 0.6) is 0 Å². The minimum atomic E-state index is -3.41. The summed E-state index contributed by atoms with van der Waals surface area (Å²) in [5.41, 5.74) is 0.420. The molecule has 0 aliphatic carbocycles. The highest BCUT2D eigenvalue weighted by atomic mass is 32.2. The van der Waals surface area contributed by atoms with Gasteiger partial charge < -0.3 is 19.8 Å². The first kappa shape index (κ1) is 22.6. The zero-order valence-electron chi connectivity index (χ0n) is 16.9. The van der Waals surface area contributed by atoms with E-state index in [1.54, 1.807) is 6.07 Å². The van der Waals surface area contributed by atoms with Gasteiger partial charge >= 0.3 is 0 Å². The molecule has 1 aromatic heterocycles. The van der Waals surface area contributed by atoms with Crippen LogP contribution in [-0.2, 0) is 15.8 Å². The van der Waals surface area contributed by atoms with E-state index in [-0.39, 0.29) is 12.4 Å². The summed E-state index contributed by atoms with van der Waals surface area (Å²) in [6.45, 7) is 7.76. The van der Waals surface area contributed by atoms with Gasteiger partial charge in [-0.3, -0.25) is 4.99 Å². The normalized spacial score (nSPS) is 17.7. The smallest absolute Gasteiger partial charge is 0.220 e. The van der Waals surface area contributed by atoms with Crippen molar-refractivity contribution in [3.8, 4) is 0 Å². The van der Waals surface area contributed by atoms with Crippen molar-refractivity contribution in [1.82, 2.24) is 19.7 Å². The van der Waals surface area contributed by atoms with E-state index in [9.17, 15) is 13.5 Å². The maximum atomic E-state index is 12.6. The van der Waals surface area contributed by atoms with Crippen molar-refractivity contribution in [2.45, 2.75) is 38.9 Å². The van der Waals surface area contributed by atoms with E-state index in [2.05, 4.69) is 22.3 Å². The Balaban J connectivity index is 1.94. The van der Waals surface area contributed by atoms with Gasteiger partial charge in [-0.2, -0.15) is 4.31 Å². The predicted octanol–water partition coefficient (Wildman–Crippen LogP) is 0.886. The number of piperazine rings is 1. The Hall–Kier alpha value is -1.65. The molecule has 1 fully saturated rings. The van der Waals surface area contributed by atoms with Crippen LogP contribution in [0.15, 0.2) is 21.8 Å². The average Bonchev–Trinajstić information content (AvgIpc) is 3.18. The number of sulfonamides is 1. The van der Waals surface area contributed by atoms with Gasteiger partial charge in [0.1, 0.15) is 12.0 Å². The lowest BCUT2D eigenvalue weighted by Gasteiger charge is -2.36. The third-order valence-electron chi connectivity index (χ3n) is 4.82. The van der Waals surface area contributed by atoms with Crippen molar-refractivity contribution >= 4 is 16.0 Å². The largest absolute Gasteiger partial charge is 0.396 e. The molecule has 1 saturated heterocycles. The summed E-state index contributed by atoms with van der Waals surface area (Å²) in [4.78, 5) is 6.86. The second-order valence-corrected chi connectivity index (χ2v) is 8.96. The molecule has 2 heterocycles. The molecular formula is C18H33N5O4S. The average molecular weight is 416 g/mol. The van der Waals surface area contributed by atoms with Gasteiger partial charge in [-0.25, -0.2) is 8.42 Å². The third kappa shape index (κ3) is 6.75. The molecule has 0 aromatic carbocycles. The molecule has 10 heteroatoms. The summed E-state index contributed by atoms with van der Waals surface area (Å²) < 4.78 is 31.4. The van der Waals surface area contributed by atoms with Crippen LogP contribution in [0.25, 0.3) is 0 Å². The van der Waals surface area contributed by atoms with Gasteiger partial charge in [-0.05, 0) is 25.7 Å². The van der Waals surface area contributed by atoms with E-state index >= 15 is 0 Å². The topological polar surface area (TPSA) is 111 Å². The molecule has 9 nitrogen and oxygen atoms in total. The number of aliphatic hydroxyl groups excluding tert-OH is 1. The van der Waals surface area contributed by atoms with Crippen molar-refractivity contribution in [2.24, 2.45) is 10.9 Å². The molecule has 0 amide bonds. The number of nitrogens with zero attached hydrogens (tertiary/aromatic N) is 4. The molecule has 1 aliphatic rings. The Kier molecular flexibility index (Phi) is 9.20. The van der Waals surface area contributed by atoms with Crippen molar-refractivity contribution in [3.05, 3.63) is 18.0 Å². The molecule has 0 radical (unpaired) electrons. The molecule has 0 spiro atoms. The summed E-state index contributed by atoms with van der Waals surface area (Å²) >= 11 is 0. The highest BCUT2D eigenvalue weighted by molar-refractivity contribution is 7.88. The molecule has 160 valence electrons. The van der Waals surface area contributed by atoms with Crippen LogP contribution in [0.4, 0.5) is 0 Å². The first-order valence-corrected chi connectivity index (χ1v) is 11.6. The summed E-state index contributed by atoms with van der Waals surface area (Å²) in [6.07, 6.45) is 4.24. The van der Waals surface area contributed by atoms with Gasteiger partial charge in [-0.15, -0.1) is 0 Å². The van der Waals surface area contributed by atoms with Gasteiger partial charge in [-0.1, -0.05) is 18.5 Å². The Morgan fingerprint density at radius 2 is 2.07 bits per heavy atom. The summed E-state index contributed by atoms with van der Waals surface area (Å²) in [7, 11) is -3.41. The Morgan fingerprint density at radius 1 is 1.32 bits per heavy atom. The first-order valence-electron chi connectivity index (χ1n) is 10.0. The molecule has 2 rings (SSSR count). The molecule has 1 aliphatic heterocycles. The van der Waals surface area contributed by atoms with Crippen molar-refractivity contribution in [2.75, 3.05) is 45.9 Å². The number of hydrogen-bond donors (Lipinski definition) is 2. The minimum Gasteiger partial charge on any atom is -0.396 e. The lowest BCUT2D eigenvalue weighted by molar-refractivity contribution is 0.250. The van der Waals surface area contributed by atoms with Gasteiger partial charge in [0.15, 0.2) is 5.96 Å². The fraction of sp³-hybridized carbons (Fsp3) is 0.778. The van der Waals surface area contributed by atoms with E-state index in [0.29, 0.717) is 44.3 Å². The molecular weight excluding hydrogens is 382 g/mol. The minimum absolute atomic E-state index is 0.141. The van der Waals surface area contributed by atoms with Crippen molar-refractivity contribution in [1.29, 1.82) is 0 Å². The van der Waals surface area contributed by atoms with Crippen LogP contribution in [0.2, 0.25) is 0 Å². The summed E-state index contributed by atoms with van der Waals surface area (Å²) in [6, 6.07) is 1.57. The van der Waals surface area contributed by atoms with Crippen LogP contribution >= 0.6 is 0 Å². The van der Waals surface area contributed by atoms with Gasteiger partial charge in [0, 0.05) is 51.9 Å². The van der Waals surface area contributed by atoms with Crippen molar-refractivity contribution in [3.63, 3.8) is 0 Å². The summed E-state index contributed by atoms with van der Waals surface area (Å²) in [5, 5.41) is 16.2. The maximum absolute atomic E-state index is 12.6. The molecule has 2 N–H and O–H groups in total. The zero-order valence-corrected chi connectivity index (χ0v) is 17.7. The molecule has 28 heavy (non-hydrogen) atoms. The Labute approximate surface area is 167 Å². The van der Waals surface area contributed by atoms with Crippen LogP contribution < -0.4 is 5.32 Å². The number of aliphatic hydroxyl groups is 1. The fourth-order valence-corrected chi connectivity index (χ4v) is 4.75. The van der Waals surface area contributed by atoms with Crippen molar-refractivity contribution < 1.29 is 18.0 Å². The third-order valence-corrected chi connectivity index (χ3v) is 6.63. The Bertz CT molecular complexity index is 679. The number of nitrogens with one attached hydrogen (secondary N) is 1. The highest BCUT2D eigenvalue weighted by Crippen LogP contribution is 2.14. The van der Waals surface area contributed by atoms with Crippen LogP contribution in [0.1, 0.15) is 38.8 Å². The molecule has 0 saturated carbocycles. The predicted molar refractivity (Wildman–Crippen MR) is 108 cm³/mol. The second-order valence-electron chi connectivity index (χ2n) is 6.99. The molecule has 1 atom stereocenters. The number of aliphatic imine (C=N–C) groups is 1. The standard InChI is InChI=1S/C18H33N5O4S/c1-3-5-16(6-12-24)14-20-18(19-4-2)22-8-10-23(11-9-22)28(25,26)15-17-7-13-27-21-17/h7,13,16,24H,3-6,8-12,14-15H2,1-2H3,(H,19,20). The van der Waals surface area contributed by atoms with Crippen LogP contribution in [0.3, 0.4) is 0 Å². The molecule has 0 bridgehead atoms.